The van der Waals surface area contributed by atoms with Gasteiger partial charge in [0.25, 0.3) is 0 Å². The number of hydrogen-bond acceptors (Lipinski definition) is 15. The summed E-state index contributed by atoms with van der Waals surface area (Å²) in [5.74, 6) is -5.98. The van der Waals surface area contributed by atoms with E-state index in [0.717, 1.165) is 29.6 Å². The number of amides is 1. The van der Waals surface area contributed by atoms with Crippen LogP contribution in [0.25, 0.3) is 17.0 Å². The molecule has 0 bridgehead atoms. The lowest BCUT2D eigenvalue weighted by Crippen LogP contribution is -2.61. The number of Topliss-reactive ketones (excluding diaryl/α,β-unsaturated/α-hetero) is 2. The molecule has 4 fully saturated rings. The van der Waals surface area contributed by atoms with E-state index in [0.29, 0.717) is 44.7 Å². The van der Waals surface area contributed by atoms with Crippen molar-refractivity contribution in [2.45, 2.75) is 135 Å². The Bertz CT molecular complexity index is 2390. The lowest BCUT2D eigenvalue weighted by molar-refractivity contribution is -0.296. The van der Waals surface area contributed by atoms with Gasteiger partial charge in [0, 0.05) is 55.5 Å². The molecule has 2 aromatic carbocycles. The number of aromatic nitrogens is 1. The Labute approximate surface area is 425 Å². The fraction of sp³-hybridized carbons (Fsp3) is 0.607. The highest BCUT2D eigenvalue weighted by molar-refractivity contribution is 6.00. The van der Waals surface area contributed by atoms with E-state index in [1.165, 1.54) is 6.92 Å². The first-order valence-corrected chi connectivity index (χ1v) is 25.8. The highest BCUT2D eigenvalue weighted by Gasteiger charge is 2.60. The Morgan fingerprint density at radius 1 is 0.917 bits per heavy atom. The van der Waals surface area contributed by atoms with Gasteiger partial charge in [-0.3, -0.25) is 24.3 Å². The van der Waals surface area contributed by atoms with Gasteiger partial charge >= 0.3 is 18.0 Å². The zero-order valence-electron chi connectivity index (χ0n) is 43.8. The number of likely N-dealkylation sites (N-methyl/N-ethyl adjacent to an activating group) is 1. The van der Waals surface area contributed by atoms with E-state index in [-0.39, 0.29) is 37.4 Å². The minimum absolute atomic E-state index is 0.0188. The number of esters is 2. The molecule has 1 amide bonds. The maximum absolute atomic E-state index is 15.3. The number of cyclic esters (lactones) is 1. The predicted octanol–water partition coefficient (Wildman–Crippen LogP) is 7.41. The van der Waals surface area contributed by atoms with Gasteiger partial charge in [0.05, 0.1) is 60.8 Å². The highest BCUT2D eigenvalue weighted by atomic mass is 16.7. The quantitative estimate of drug-likeness (QED) is 0.0887. The zero-order valence-corrected chi connectivity index (χ0v) is 43.8. The van der Waals surface area contributed by atoms with Crippen LogP contribution in [0.5, 0.6) is 0 Å². The largest absolute Gasteiger partial charge is 0.458 e. The molecule has 0 saturated carbocycles. The summed E-state index contributed by atoms with van der Waals surface area (Å²) in [4.78, 5) is 83.3. The Balaban J connectivity index is 1.28. The number of carbonyl (C=O) groups excluding carboxylic acids is 5. The van der Waals surface area contributed by atoms with E-state index in [1.807, 2.05) is 102 Å². The fourth-order valence-corrected chi connectivity index (χ4v) is 11.4. The highest BCUT2D eigenvalue weighted by Crippen LogP contribution is 2.43. The third-order valence-electron chi connectivity index (χ3n) is 15.3. The number of benzene rings is 2. The Morgan fingerprint density at radius 2 is 1.62 bits per heavy atom. The van der Waals surface area contributed by atoms with Crippen molar-refractivity contribution >= 4 is 46.6 Å². The molecule has 1 aromatic heterocycles. The molecule has 72 heavy (non-hydrogen) atoms. The van der Waals surface area contributed by atoms with Crippen LogP contribution in [-0.2, 0) is 47.5 Å². The Morgan fingerprint density at radius 3 is 2.33 bits per heavy atom. The SMILES string of the molecule is CC[C@H]1OC(=O)[C@H](C)C(=O)[C@H](C)[C@@H](O[C@@H]2O[C@H](C)C[C@H](N(C)C)[C@H]2OC(=O)c2ccccc2)[C@](C)(OC/C=C/c2cnc3ccccc3c2)C[C@@H](C)C(=O)[C@H](C)[C@H]2N(CCCN3CCOCC3)C(=O)O[C@]12C. The molecule has 0 unspecified atom stereocenters. The van der Waals surface area contributed by atoms with Gasteiger partial charge in [-0.15, -0.1) is 0 Å². The summed E-state index contributed by atoms with van der Waals surface area (Å²) in [5, 5.41) is 0.972. The van der Waals surface area contributed by atoms with E-state index >= 15 is 9.59 Å². The average molecular weight is 997 g/mol. The first-order chi connectivity index (χ1) is 34.3. The summed E-state index contributed by atoms with van der Waals surface area (Å²) in [6.45, 7) is 18.0. The van der Waals surface area contributed by atoms with Gasteiger partial charge < -0.3 is 43.0 Å². The molecule has 0 spiro atoms. The van der Waals surface area contributed by atoms with Crippen molar-refractivity contribution in [1.29, 1.82) is 0 Å². The molecule has 4 aliphatic rings. The van der Waals surface area contributed by atoms with Crippen molar-refractivity contribution in [1.82, 2.24) is 19.7 Å². The number of carbonyl (C=O) groups is 5. The molecule has 4 saturated heterocycles. The van der Waals surface area contributed by atoms with E-state index < -0.39 is 89.3 Å². The van der Waals surface area contributed by atoms with Gasteiger partial charge in [0.2, 0.25) is 0 Å². The van der Waals surface area contributed by atoms with Crippen LogP contribution in [-0.4, -0.2) is 163 Å². The molecule has 0 radical (unpaired) electrons. The zero-order chi connectivity index (χ0) is 51.9. The number of ether oxygens (including phenoxy) is 7. The monoisotopic (exact) mass is 997 g/mol. The first kappa shape index (κ1) is 54.7. The topological polar surface area (TPSA) is 173 Å². The number of ketones is 2. The third-order valence-corrected chi connectivity index (χ3v) is 15.3. The molecule has 0 N–H and O–H groups in total. The van der Waals surface area contributed by atoms with Crippen molar-refractivity contribution in [3.63, 3.8) is 0 Å². The summed E-state index contributed by atoms with van der Waals surface area (Å²) in [5.41, 5.74) is -0.846. The van der Waals surface area contributed by atoms with Crippen LogP contribution < -0.4 is 0 Å². The van der Waals surface area contributed by atoms with Crippen LogP contribution in [0.4, 0.5) is 4.79 Å². The van der Waals surface area contributed by atoms with Crippen LogP contribution in [0, 0.1) is 23.7 Å². The van der Waals surface area contributed by atoms with E-state index in [4.69, 9.17) is 33.2 Å². The standard InChI is InChI=1S/C56H76N4O12/c1-11-45-56(8)49(60(54(65)72-56)25-18-24-59-26-29-66-30-27-59)37(4)46(61)35(2)33-55(7,67-28-17-19-40-32-42-22-15-16-23-43(42)57-34-40)50(38(5)47(62)39(6)51(63)69-45)71-53-48(44(58(9)10)31-36(3)68-53)70-52(64)41-20-13-12-14-21-41/h12-17,19-23,32,34-39,44-45,48-50,53H,11,18,24-31,33H2,1-10H3/b19-17+/t35-,36-,37+,38+,39-,44+,45-,48-,49-,50-,53+,55-,56-/m1/s1. The summed E-state index contributed by atoms with van der Waals surface area (Å²) in [7, 11) is 3.79. The van der Waals surface area contributed by atoms with E-state index in [9.17, 15) is 14.4 Å². The molecule has 0 aliphatic carbocycles. The third kappa shape index (κ3) is 12.3. The van der Waals surface area contributed by atoms with Crippen LogP contribution in [0.1, 0.15) is 97.0 Å². The summed E-state index contributed by atoms with van der Waals surface area (Å²) in [6.07, 6.45) is 1.57. The number of fused-ring (bicyclic) bond motifs is 2. The maximum atomic E-state index is 15.3. The lowest BCUT2D eigenvalue weighted by atomic mass is 9.73. The average Bonchev–Trinajstić information content (AvgIpc) is 3.63. The van der Waals surface area contributed by atoms with Crippen molar-refractivity contribution in [3.05, 3.63) is 84.1 Å². The number of rotatable bonds is 14. The first-order valence-electron chi connectivity index (χ1n) is 25.8. The van der Waals surface area contributed by atoms with Crippen LogP contribution in [0.2, 0.25) is 0 Å². The molecule has 13 atom stereocenters. The Hall–Kier alpha value is -5.10. The molecular formula is C56H76N4O12. The van der Waals surface area contributed by atoms with Gasteiger partial charge in [-0.25, -0.2) is 9.59 Å². The number of nitrogens with zero attached hydrogens (tertiary/aromatic N) is 4. The second-order valence-electron chi connectivity index (χ2n) is 20.9. The summed E-state index contributed by atoms with van der Waals surface area (Å²) >= 11 is 0. The molecular weight excluding hydrogens is 921 g/mol. The lowest BCUT2D eigenvalue weighted by Gasteiger charge is -2.48. The van der Waals surface area contributed by atoms with Gasteiger partial charge in [-0.1, -0.05) is 76.2 Å². The minimum Gasteiger partial charge on any atom is -0.458 e. The smallest absolute Gasteiger partial charge is 0.410 e. The van der Waals surface area contributed by atoms with Crippen LogP contribution >= 0.6 is 0 Å². The summed E-state index contributed by atoms with van der Waals surface area (Å²) in [6, 6.07) is 17.3. The normalized spacial score (nSPS) is 33.4. The van der Waals surface area contributed by atoms with Gasteiger partial charge in [-0.2, -0.15) is 0 Å². The van der Waals surface area contributed by atoms with Crippen LogP contribution in [0.3, 0.4) is 0 Å². The second kappa shape index (κ2) is 23.8. The summed E-state index contributed by atoms with van der Waals surface area (Å²) < 4.78 is 45.1. The van der Waals surface area contributed by atoms with Gasteiger partial charge in [0.1, 0.15) is 17.8 Å². The second-order valence-corrected chi connectivity index (χ2v) is 20.9. The van der Waals surface area contributed by atoms with E-state index in [1.54, 1.807) is 49.2 Å². The fourth-order valence-electron chi connectivity index (χ4n) is 11.4. The number of hydrogen-bond donors (Lipinski definition) is 0. The number of pyridine rings is 1. The maximum Gasteiger partial charge on any atom is 0.410 e. The van der Waals surface area contributed by atoms with Crippen LogP contribution in [0.15, 0.2) is 72.9 Å². The molecule has 16 heteroatoms. The number of morpholine rings is 1. The molecule has 392 valence electrons. The number of para-hydroxylation sites is 1. The van der Waals surface area contributed by atoms with Crippen molar-refractivity contribution in [2.75, 3.05) is 60.1 Å². The molecule has 3 aromatic rings. The molecule has 7 rings (SSSR count). The minimum atomic E-state index is -1.45. The molecule has 4 aliphatic heterocycles. The Kier molecular flexibility index (Phi) is 18.1. The van der Waals surface area contributed by atoms with Gasteiger partial charge in [0.15, 0.2) is 23.8 Å². The van der Waals surface area contributed by atoms with Crippen molar-refractivity contribution in [2.24, 2.45) is 23.7 Å². The van der Waals surface area contributed by atoms with E-state index in [2.05, 4.69) is 9.88 Å². The van der Waals surface area contributed by atoms with Gasteiger partial charge in [-0.05, 0) is 97.3 Å². The predicted molar refractivity (Wildman–Crippen MR) is 271 cm³/mol. The molecule has 16 nitrogen and oxygen atoms in total. The van der Waals surface area contributed by atoms with Crippen molar-refractivity contribution < 1.29 is 57.1 Å². The molecule has 5 heterocycles. The van der Waals surface area contributed by atoms with Crippen molar-refractivity contribution in [3.8, 4) is 0 Å².